The molecule has 0 aliphatic carbocycles. The predicted molar refractivity (Wildman–Crippen MR) is 124 cm³/mol. The maximum Gasteiger partial charge on any atom is 0.273 e. The second-order valence-electron chi connectivity index (χ2n) is 8.88. The summed E-state index contributed by atoms with van der Waals surface area (Å²) in [6, 6.07) is 10.4. The number of hydrogen-bond donors (Lipinski definition) is 1. The van der Waals surface area contributed by atoms with Crippen molar-refractivity contribution in [2.45, 2.75) is 32.5 Å². The largest absolute Gasteiger partial charge is 0.386 e. The summed E-state index contributed by atoms with van der Waals surface area (Å²) in [4.78, 5) is 18.3. The standard InChI is InChI=1S/C25H22ClFN4O2/c1-25(2,33)19-7-6-16(17-12-30(3)29-23(17)19)15-9-20(26)18(21(27)10-15)13-31-11-14-5-4-8-28-22(14)24(31)32/h4-10,12,33H,11,13H2,1-3H3. The van der Waals surface area contributed by atoms with Gasteiger partial charge in [-0.3, -0.25) is 14.5 Å². The summed E-state index contributed by atoms with van der Waals surface area (Å²) in [6.07, 6.45) is 3.41. The smallest absolute Gasteiger partial charge is 0.273 e. The summed E-state index contributed by atoms with van der Waals surface area (Å²) in [5.74, 6) is -0.720. The lowest BCUT2D eigenvalue weighted by Crippen LogP contribution is -2.24. The van der Waals surface area contributed by atoms with E-state index in [1.54, 1.807) is 54.9 Å². The number of benzene rings is 2. The van der Waals surface area contributed by atoms with Gasteiger partial charge in [0.25, 0.3) is 5.91 Å². The zero-order valence-corrected chi connectivity index (χ0v) is 19.2. The van der Waals surface area contributed by atoms with Crippen molar-refractivity contribution >= 4 is 28.4 Å². The molecular weight excluding hydrogens is 443 g/mol. The van der Waals surface area contributed by atoms with Crippen molar-refractivity contribution in [2.24, 2.45) is 7.05 Å². The summed E-state index contributed by atoms with van der Waals surface area (Å²) in [6.45, 7) is 3.83. The number of hydrogen-bond acceptors (Lipinski definition) is 4. The van der Waals surface area contributed by atoms with Crippen molar-refractivity contribution in [2.75, 3.05) is 0 Å². The second-order valence-corrected chi connectivity index (χ2v) is 9.28. The number of amides is 1. The second kappa shape index (κ2) is 7.64. The van der Waals surface area contributed by atoms with Crippen LogP contribution < -0.4 is 0 Å². The van der Waals surface area contributed by atoms with Gasteiger partial charge in [0.15, 0.2) is 0 Å². The number of aliphatic hydroxyl groups is 1. The van der Waals surface area contributed by atoms with Crippen molar-refractivity contribution in [3.63, 3.8) is 0 Å². The molecular formula is C25H22ClFN4O2. The van der Waals surface area contributed by atoms with E-state index in [-0.39, 0.29) is 23.0 Å². The molecule has 8 heteroatoms. The third-order valence-electron chi connectivity index (χ3n) is 5.99. The molecule has 0 fully saturated rings. The summed E-state index contributed by atoms with van der Waals surface area (Å²) < 4.78 is 16.9. The molecule has 0 bridgehead atoms. The average molecular weight is 465 g/mol. The molecule has 0 radical (unpaired) electrons. The van der Waals surface area contributed by atoms with Crippen molar-refractivity contribution in [3.8, 4) is 11.1 Å². The monoisotopic (exact) mass is 464 g/mol. The Morgan fingerprint density at radius 3 is 2.73 bits per heavy atom. The van der Waals surface area contributed by atoms with E-state index in [4.69, 9.17) is 11.6 Å². The molecule has 0 saturated carbocycles. The minimum atomic E-state index is -1.08. The summed E-state index contributed by atoms with van der Waals surface area (Å²) >= 11 is 6.53. The lowest BCUT2D eigenvalue weighted by molar-refractivity contribution is 0.0760. The van der Waals surface area contributed by atoms with Gasteiger partial charge in [-0.2, -0.15) is 5.10 Å². The van der Waals surface area contributed by atoms with Gasteiger partial charge in [0, 0.05) is 53.1 Å². The summed E-state index contributed by atoms with van der Waals surface area (Å²) in [5.41, 5.74) is 3.09. The molecule has 1 aliphatic rings. The Balaban J connectivity index is 1.53. The maximum absolute atomic E-state index is 15.3. The van der Waals surface area contributed by atoms with Crippen LogP contribution in [-0.4, -0.2) is 30.7 Å². The summed E-state index contributed by atoms with van der Waals surface area (Å²) in [7, 11) is 1.80. The van der Waals surface area contributed by atoms with Gasteiger partial charge in [-0.05, 0) is 43.2 Å². The highest BCUT2D eigenvalue weighted by atomic mass is 35.5. The SMILES string of the molecule is Cn1cc2c(-c3cc(F)c(CN4Cc5cccnc5C4=O)c(Cl)c3)ccc(C(C)(C)O)c2n1. The van der Waals surface area contributed by atoms with Gasteiger partial charge < -0.3 is 10.0 Å². The fraction of sp³-hybridized carbons (Fsp3) is 0.240. The predicted octanol–water partition coefficient (Wildman–Crippen LogP) is 4.81. The normalized spacial score (nSPS) is 13.8. The molecule has 1 N–H and O–H groups in total. The fourth-order valence-corrected chi connectivity index (χ4v) is 4.65. The van der Waals surface area contributed by atoms with Gasteiger partial charge in [-0.25, -0.2) is 4.39 Å². The Labute approximate surface area is 195 Å². The van der Waals surface area contributed by atoms with Crippen LogP contribution in [0.25, 0.3) is 22.0 Å². The zero-order valence-electron chi connectivity index (χ0n) is 18.4. The Bertz CT molecular complexity index is 1400. The number of carbonyl (C=O) groups is 1. The van der Waals surface area contributed by atoms with Crippen LogP contribution in [0.4, 0.5) is 4.39 Å². The van der Waals surface area contributed by atoms with Gasteiger partial charge in [-0.1, -0.05) is 29.8 Å². The minimum Gasteiger partial charge on any atom is -0.386 e. The van der Waals surface area contributed by atoms with Crippen LogP contribution in [0.5, 0.6) is 0 Å². The Kier molecular flexibility index (Phi) is 4.99. The molecule has 4 aromatic rings. The van der Waals surface area contributed by atoms with Crippen LogP contribution in [0.2, 0.25) is 5.02 Å². The van der Waals surface area contributed by atoms with E-state index >= 15 is 4.39 Å². The summed E-state index contributed by atoms with van der Waals surface area (Å²) in [5, 5.41) is 16.1. The lowest BCUT2D eigenvalue weighted by Gasteiger charge is -2.20. The molecule has 1 aliphatic heterocycles. The molecule has 168 valence electrons. The topological polar surface area (TPSA) is 71.2 Å². The van der Waals surface area contributed by atoms with Crippen molar-refractivity contribution in [1.82, 2.24) is 19.7 Å². The molecule has 2 aromatic carbocycles. The average Bonchev–Trinajstić information content (AvgIpc) is 3.28. The highest BCUT2D eigenvalue weighted by molar-refractivity contribution is 6.31. The van der Waals surface area contributed by atoms with Crippen LogP contribution in [0.3, 0.4) is 0 Å². The Hall–Kier alpha value is -3.29. The van der Waals surface area contributed by atoms with E-state index in [2.05, 4.69) is 10.1 Å². The van der Waals surface area contributed by atoms with Crippen LogP contribution in [0.15, 0.2) is 48.8 Å². The number of aromatic nitrogens is 3. The fourth-order valence-electron chi connectivity index (χ4n) is 4.38. The Morgan fingerprint density at radius 2 is 2.03 bits per heavy atom. The third-order valence-corrected chi connectivity index (χ3v) is 6.33. The van der Waals surface area contributed by atoms with E-state index in [0.29, 0.717) is 28.9 Å². The third kappa shape index (κ3) is 3.67. The first-order chi connectivity index (χ1) is 15.6. The van der Waals surface area contributed by atoms with Crippen LogP contribution >= 0.6 is 11.6 Å². The number of pyridine rings is 1. The molecule has 1 amide bonds. The minimum absolute atomic E-state index is 0.0556. The number of halogens is 2. The number of rotatable bonds is 4. The first kappa shape index (κ1) is 21.6. The van der Waals surface area contributed by atoms with E-state index in [9.17, 15) is 9.90 Å². The first-order valence-electron chi connectivity index (χ1n) is 10.5. The van der Waals surface area contributed by atoms with Gasteiger partial charge in [-0.15, -0.1) is 0 Å². The molecule has 0 saturated heterocycles. The number of aryl methyl sites for hydroxylation is 1. The molecule has 0 atom stereocenters. The first-order valence-corrected chi connectivity index (χ1v) is 10.9. The quantitative estimate of drug-likeness (QED) is 0.470. The van der Waals surface area contributed by atoms with E-state index in [1.807, 2.05) is 18.3 Å². The van der Waals surface area contributed by atoms with Gasteiger partial charge in [0.2, 0.25) is 0 Å². The van der Waals surface area contributed by atoms with Gasteiger partial charge in [0.05, 0.1) is 17.7 Å². The maximum atomic E-state index is 15.3. The number of nitrogens with zero attached hydrogens (tertiary/aromatic N) is 4. The van der Waals surface area contributed by atoms with E-state index in [0.717, 1.165) is 16.5 Å². The van der Waals surface area contributed by atoms with Gasteiger partial charge in [0.1, 0.15) is 11.5 Å². The molecule has 5 rings (SSSR count). The zero-order chi connectivity index (χ0) is 23.5. The van der Waals surface area contributed by atoms with Gasteiger partial charge >= 0.3 is 0 Å². The Morgan fingerprint density at radius 1 is 1.24 bits per heavy atom. The van der Waals surface area contributed by atoms with Crippen LogP contribution in [-0.2, 0) is 25.7 Å². The number of fused-ring (bicyclic) bond motifs is 2. The van der Waals surface area contributed by atoms with Crippen molar-refractivity contribution in [3.05, 3.63) is 82.0 Å². The van der Waals surface area contributed by atoms with Crippen LogP contribution in [0.1, 0.15) is 41.0 Å². The molecule has 0 unspecified atom stereocenters. The number of carbonyl (C=O) groups excluding carboxylic acids is 1. The highest BCUT2D eigenvalue weighted by Crippen LogP contribution is 2.37. The lowest BCUT2D eigenvalue weighted by atomic mass is 9.92. The van der Waals surface area contributed by atoms with E-state index < -0.39 is 11.4 Å². The molecule has 2 aromatic heterocycles. The highest BCUT2D eigenvalue weighted by Gasteiger charge is 2.30. The van der Waals surface area contributed by atoms with E-state index in [1.165, 1.54) is 6.07 Å². The van der Waals surface area contributed by atoms with Crippen LogP contribution in [0, 0.1) is 5.82 Å². The van der Waals surface area contributed by atoms with Crippen molar-refractivity contribution in [1.29, 1.82) is 0 Å². The molecule has 0 spiro atoms. The van der Waals surface area contributed by atoms with Crippen molar-refractivity contribution < 1.29 is 14.3 Å². The molecule has 33 heavy (non-hydrogen) atoms. The molecule has 3 heterocycles. The molecule has 6 nitrogen and oxygen atoms in total.